The molecule has 2 bridgehead atoms. The fraction of sp³-hybridized carbons (Fsp3) is 0.550. The molecule has 0 atom stereocenters. The number of rotatable bonds is 7. The molecule has 4 saturated carbocycles. The highest BCUT2D eigenvalue weighted by atomic mass is 32.1. The second kappa shape index (κ2) is 6.12. The zero-order valence-corrected chi connectivity index (χ0v) is 17.2. The number of thiazole rings is 1. The molecule has 1 saturated heterocycles. The monoisotopic (exact) mass is 422 g/mol. The number of anilines is 3. The van der Waals surface area contributed by atoms with Gasteiger partial charge in [0.2, 0.25) is 5.91 Å². The van der Waals surface area contributed by atoms with Gasteiger partial charge in [-0.2, -0.15) is 5.26 Å². The quantitative estimate of drug-likeness (QED) is 0.532. The standard InChI is InChI=1S/C20H22N8OS/c21-9-18(10-23-11-18)16(29)28-20-6-19(7-20,8-20)27-15-5-22-4-14(25-15)26-17-24-3-13(30-17)12-1-2-12/h3-5,12,23H,1-2,6-8,10-11H2,(H,28,29)(H2,24,25,26,27). The first kappa shape index (κ1) is 18.0. The molecular formula is C20H22N8OS. The van der Waals surface area contributed by atoms with E-state index in [-0.39, 0.29) is 17.0 Å². The Morgan fingerprint density at radius 2 is 1.93 bits per heavy atom. The van der Waals surface area contributed by atoms with Crippen LogP contribution >= 0.6 is 11.3 Å². The molecule has 10 heteroatoms. The van der Waals surface area contributed by atoms with Crippen LogP contribution in [0.4, 0.5) is 16.8 Å². The van der Waals surface area contributed by atoms with Gasteiger partial charge >= 0.3 is 0 Å². The molecule has 154 valence electrons. The van der Waals surface area contributed by atoms with E-state index in [9.17, 15) is 10.1 Å². The lowest BCUT2D eigenvalue weighted by atomic mass is 9.44. The van der Waals surface area contributed by atoms with Crippen LogP contribution in [0.5, 0.6) is 0 Å². The minimum absolute atomic E-state index is 0.0431. The molecule has 1 aliphatic heterocycles. The van der Waals surface area contributed by atoms with E-state index in [4.69, 9.17) is 0 Å². The van der Waals surface area contributed by atoms with Gasteiger partial charge in [-0.05, 0) is 38.0 Å². The van der Waals surface area contributed by atoms with Crippen molar-refractivity contribution in [3.05, 3.63) is 23.5 Å². The van der Waals surface area contributed by atoms with Gasteiger partial charge in [0.1, 0.15) is 5.82 Å². The molecule has 0 spiro atoms. The number of nitriles is 1. The van der Waals surface area contributed by atoms with Gasteiger partial charge < -0.3 is 21.3 Å². The van der Waals surface area contributed by atoms with E-state index in [1.807, 2.05) is 6.20 Å². The van der Waals surface area contributed by atoms with Gasteiger partial charge in [-0.3, -0.25) is 9.78 Å². The van der Waals surface area contributed by atoms with Crippen molar-refractivity contribution in [1.29, 1.82) is 5.26 Å². The van der Waals surface area contributed by atoms with Crippen LogP contribution in [0.2, 0.25) is 0 Å². The Hall–Kier alpha value is -2.77. The van der Waals surface area contributed by atoms with Crippen molar-refractivity contribution >= 4 is 34.0 Å². The Labute approximate surface area is 177 Å². The van der Waals surface area contributed by atoms with Crippen LogP contribution in [0.15, 0.2) is 18.6 Å². The maximum absolute atomic E-state index is 12.5. The number of amides is 1. The van der Waals surface area contributed by atoms with Gasteiger partial charge in [0.25, 0.3) is 0 Å². The third-order valence-corrected chi connectivity index (χ3v) is 7.75. The molecule has 1 amide bonds. The van der Waals surface area contributed by atoms with Gasteiger partial charge in [-0.15, -0.1) is 11.3 Å². The molecule has 0 unspecified atom stereocenters. The Balaban J connectivity index is 1.06. The van der Waals surface area contributed by atoms with Crippen molar-refractivity contribution in [2.75, 3.05) is 23.7 Å². The van der Waals surface area contributed by atoms with Crippen molar-refractivity contribution in [2.45, 2.75) is 49.1 Å². The Morgan fingerprint density at radius 3 is 2.60 bits per heavy atom. The number of carbonyl (C=O) groups is 1. The zero-order valence-electron chi connectivity index (χ0n) is 16.4. The third-order valence-electron chi connectivity index (χ3n) is 6.68. The van der Waals surface area contributed by atoms with Crippen molar-refractivity contribution in [3.63, 3.8) is 0 Å². The van der Waals surface area contributed by atoms with Crippen LogP contribution in [0.1, 0.15) is 42.9 Å². The molecule has 2 aromatic rings. The van der Waals surface area contributed by atoms with E-state index in [2.05, 4.69) is 42.3 Å². The maximum atomic E-state index is 12.5. The summed E-state index contributed by atoms with van der Waals surface area (Å²) in [4.78, 5) is 27.2. The predicted octanol–water partition coefficient (Wildman–Crippen LogP) is 1.87. The predicted molar refractivity (Wildman–Crippen MR) is 111 cm³/mol. The lowest BCUT2D eigenvalue weighted by molar-refractivity contribution is -0.143. The van der Waals surface area contributed by atoms with Crippen LogP contribution in [-0.2, 0) is 4.79 Å². The largest absolute Gasteiger partial charge is 0.363 e. The van der Waals surface area contributed by atoms with Crippen LogP contribution in [0.25, 0.3) is 0 Å². The van der Waals surface area contributed by atoms with Gasteiger partial charge in [0.05, 0.1) is 18.5 Å². The SMILES string of the molecule is N#CC1(C(=O)NC23CC(Nc4cncc(Nc5ncc(C6CC6)s5)n4)(C2)C3)CNC1. The van der Waals surface area contributed by atoms with Gasteiger partial charge in [-0.1, -0.05) is 0 Å². The number of nitrogens with zero attached hydrogens (tertiary/aromatic N) is 4. The second-order valence-corrected chi connectivity index (χ2v) is 10.3. The molecule has 30 heavy (non-hydrogen) atoms. The highest BCUT2D eigenvalue weighted by molar-refractivity contribution is 7.15. The van der Waals surface area contributed by atoms with Crippen molar-refractivity contribution < 1.29 is 4.79 Å². The average molecular weight is 423 g/mol. The first-order valence-electron chi connectivity index (χ1n) is 10.3. The fourth-order valence-electron chi connectivity index (χ4n) is 4.85. The normalized spacial score (nSPS) is 30.1. The van der Waals surface area contributed by atoms with Crippen LogP contribution < -0.4 is 21.3 Å². The third kappa shape index (κ3) is 2.84. The van der Waals surface area contributed by atoms with Crippen LogP contribution in [0.3, 0.4) is 0 Å². The van der Waals surface area contributed by atoms with Gasteiger partial charge in [0.15, 0.2) is 16.4 Å². The maximum Gasteiger partial charge on any atom is 0.243 e. The molecule has 2 aromatic heterocycles. The van der Waals surface area contributed by atoms with E-state index < -0.39 is 5.41 Å². The highest BCUT2D eigenvalue weighted by Crippen LogP contribution is 2.62. The molecule has 4 N–H and O–H groups in total. The van der Waals surface area contributed by atoms with Crippen molar-refractivity contribution in [3.8, 4) is 6.07 Å². The summed E-state index contributed by atoms with van der Waals surface area (Å²) in [6.07, 6.45) is 10.4. The Morgan fingerprint density at radius 1 is 1.17 bits per heavy atom. The summed E-state index contributed by atoms with van der Waals surface area (Å²) in [5.74, 6) is 1.94. The van der Waals surface area contributed by atoms with E-state index in [1.165, 1.54) is 17.7 Å². The van der Waals surface area contributed by atoms with E-state index in [0.717, 1.165) is 30.2 Å². The number of aromatic nitrogens is 3. The molecule has 7 rings (SSSR count). The summed E-state index contributed by atoms with van der Waals surface area (Å²) in [7, 11) is 0. The molecule has 5 aliphatic rings. The summed E-state index contributed by atoms with van der Waals surface area (Å²) in [5.41, 5.74) is -1.11. The summed E-state index contributed by atoms with van der Waals surface area (Å²) in [5, 5.41) is 23.1. The topological polar surface area (TPSA) is 128 Å². The molecule has 4 aliphatic carbocycles. The summed E-state index contributed by atoms with van der Waals surface area (Å²) >= 11 is 1.68. The second-order valence-electron chi connectivity index (χ2n) is 9.22. The van der Waals surface area contributed by atoms with Gasteiger partial charge in [-0.25, -0.2) is 9.97 Å². The number of hydrogen-bond acceptors (Lipinski definition) is 9. The first-order chi connectivity index (χ1) is 14.5. The van der Waals surface area contributed by atoms with Crippen molar-refractivity contribution in [1.82, 2.24) is 25.6 Å². The number of hydrogen-bond donors (Lipinski definition) is 4. The van der Waals surface area contributed by atoms with Crippen molar-refractivity contribution in [2.24, 2.45) is 5.41 Å². The smallest absolute Gasteiger partial charge is 0.243 e. The number of nitrogens with one attached hydrogen (secondary N) is 4. The molecule has 9 nitrogen and oxygen atoms in total. The Kier molecular flexibility index (Phi) is 3.68. The Bertz CT molecular complexity index is 1050. The van der Waals surface area contributed by atoms with E-state index in [0.29, 0.717) is 24.8 Å². The minimum atomic E-state index is -0.892. The number of carbonyl (C=O) groups excluding carboxylic acids is 1. The van der Waals surface area contributed by atoms with E-state index >= 15 is 0 Å². The molecule has 0 radical (unpaired) electrons. The zero-order chi connectivity index (χ0) is 20.4. The molecular weight excluding hydrogens is 400 g/mol. The minimum Gasteiger partial charge on any atom is -0.363 e. The molecule has 0 aromatic carbocycles. The van der Waals surface area contributed by atoms with Gasteiger partial charge in [0, 0.05) is 35.2 Å². The highest BCUT2D eigenvalue weighted by Gasteiger charge is 2.69. The average Bonchev–Trinajstić information content (AvgIpc) is 3.39. The summed E-state index contributed by atoms with van der Waals surface area (Å²) in [6, 6.07) is 2.17. The molecule has 3 heterocycles. The van der Waals surface area contributed by atoms with Crippen LogP contribution in [-0.4, -0.2) is 45.0 Å². The molecule has 5 fully saturated rings. The lowest BCUT2D eigenvalue weighted by Crippen LogP contribution is -2.82. The summed E-state index contributed by atoms with van der Waals surface area (Å²) in [6.45, 7) is 0.872. The summed E-state index contributed by atoms with van der Waals surface area (Å²) < 4.78 is 0. The lowest BCUT2D eigenvalue weighted by Gasteiger charge is -2.70. The fourth-order valence-corrected chi connectivity index (χ4v) is 5.84. The first-order valence-corrected chi connectivity index (χ1v) is 11.1. The van der Waals surface area contributed by atoms with Crippen LogP contribution in [0, 0.1) is 16.7 Å². The van der Waals surface area contributed by atoms with E-state index in [1.54, 1.807) is 23.7 Å².